The molecule has 0 atom stereocenters. The summed E-state index contributed by atoms with van der Waals surface area (Å²) in [6, 6.07) is 13.3. The van der Waals surface area contributed by atoms with E-state index in [0.717, 1.165) is 5.56 Å². The van der Waals surface area contributed by atoms with Crippen LogP contribution in [0.2, 0.25) is 5.02 Å². The Morgan fingerprint density at radius 2 is 1.84 bits per heavy atom. The highest BCUT2D eigenvalue weighted by Gasteiger charge is 2.17. The van der Waals surface area contributed by atoms with Crippen molar-refractivity contribution in [1.82, 2.24) is 15.0 Å². The minimum Gasteiger partial charge on any atom is -0.378 e. The van der Waals surface area contributed by atoms with Gasteiger partial charge in [-0.05, 0) is 23.8 Å². The molecule has 0 amide bonds. The summed E-state index contributed by atoms with van der Waals surface area (Å²) in [5.74, 6) is 0.895. The standard InChI is InChI=1S/C20H19ClN8O3/c21-15-6-4-14(5-7-15)13-22-27-19-24-18(23-16-2-1-3-17(12-16)29(30)31)25-20(26-19)28-8-10-32-11-9-28/h1-7,12-13H,8-11H2,(H2,23,24,25,26,27). The quantitative estimate of drug-likeness (QED) is 0.313. The molecule has 0 bridgehead atoms. The van der Waals surface area contributed by atoms with Gasteiger partial charge in [-0.25, -0.2) is 5.43 Å². The molecule has 0 aliphatic carbocycles. The molecule has 32 heavy (non-hydrogen) atoms. The third-order valence-electron chi connectivity index (χ3n) is 4.48. The summed E-state index contributed by atoms with van der Waals surface area (Å²) in [7, 11) is 0. The van der Waals surface area contributed by atoms with Crippen molar-refractivity contribution in [3.05, 3.63) is 69.2 Å². The SMILES string of the molecule is O=[N+]([O-])c1cccc(Nc2nc(NN=Cc3ccc(Cl)cc3)nc(N3CCOCC3)n2)c1. The second-order valence-electron chi connectivity index (χ2n) is 6.74. The Labute approximate surface area is 188 Å². The number of rotatable bonds is 7. The first-order valence-electron chi connectivity index (χ1n) is 9.72. The molecule has 11 nitrogen and oxygen atoms in total. The zero-order chi connectivity index (χ0) is 22.3. The lowest BCUT2D eigenvalue weighted by Gasteiger charge is -2.27. The Bertz CT molecular complexity index is 1120. The monoisotopic (exact) mass is 454 g/mol. The molecule has 164 valence electrons. The van der Waals surface area contributed by atoms with Gasteiger partial charge in [0, 0.05) is 35.9 Å². The maximum atomic E-state index is 11.1. The molecule has 1 aromatic heterocycles. The zero-order valence-corrected chi connectivity index (χ0v) is 17.6. The van der Waals surface area contributed by atoms with E-state index in [-0.39, 0.29) is 17.6 Å². The predicted molar refractivity (Wildman–Crippen MR) is 122 cm³/mol. The number of ether oxygens (including phenoxy) is 1. The number of hydrogen-bond donors (Lipinski definition) is 2. The average molecular weight is 455 g/mol. The molecule has 1 fully saturated rings. The number of nitro benzene ring substituents is 1. The van der Waals surface area contributed by atoms with Gasteiger partial charge in [0.25, 0.3) is 5.69 Å². The number of benzene rings is 2. The lowest BCUT2D eigenvalue weighted by atomic mass is 10.2. The predicted octanol–water partition coefficient (Wildman–Crippen LogP) is 3.46. The van der Waals surface area contributed by atoms with E-state index in [1.165, 1.54) is 12.1 Å². The minimum absolute atomic E-state index is 0.0385. The summed E-state index contributed by atoms with van der Waals surface area (Å²) in [5.41, 5.74) is 4.10. The number of hydrogen-bond acceptors (Lipinski definition) is 10. The third kappa shape index (κ3) is 5.65. The first-order chi connectivity index (χ1) is 15.6. The van der Waals surface area contributed by atoms with Crippen molar-refractivity contribution >= 4 is 47.0 Å². The molecule has 0 spiro atoms. The van der Waals surface area contributed by atoms with Crippen LogP contribution in [0.4, 0.5) is 29.2 Å². The molecule has 1 aliphatic heterocycles. The van der Waals surface area contributed by atoms with E-state index in [9.17, 15) is 10.1 Å². The normalized spacial score (nSPS) is 13.8. The van der Waals surface area contributed by atoms with Crippen molar-refractivity contribution in [3.63, 3.8) is 0 Å². The van der Waals surface area contributed by atoms with Crippen molar-refractivity contribution < 1.29 is 9.66 Å². The molecular formula is C20H19ClN8O3. The van der Waals surface area contributed by atoms with E-state index in [2.05, 4.69) is 30.8 Å². The van der Waals surface area contributed by atoms with E-state index in [0.29, 0.717) is 43.0 Å². The fourth-order valence-electron chi connectivity index (χ4n) is 2.92. The highest BCUT2D eigenvalue weighted by molar-refractivity contribution is 6.30. The molecular weight excluding hydrogens is 436 g/mol. The van der Waals surface area contributed by atoms with E-state index in [4.69, 9.17) is 16.3 Å². The maximum Gasteiger partial charge on any atom is 0.271 e. The highest BCUT2D eigenvalue weighted by Crippen LogP contribution is 2.22. The summed E-state index contributed by atoms with van der Waals surface area (Å²) in [5, 5.41) is 18.9. The summed E-state index contributed by atoms with van der Waals surface area (Å²) in [6.07, 6.45) is 1.61. The van der Waals surface area contributed by atoms with Crippen molar-refractivity contribution in [2.24, 2.45) is 5.10 Å². The maximum absolute atomic E-state index is 11.1. The van der Waals surface area contributed by atoms with Crippen LogP contribution in [0.5, 0.6) is 0 Å². The van der Waals surface area contributed by atoms with Crippen molar-refractivity contribution in [1.29, 1.82) is 0 Å². The Hall–Kier alpha value is -3.83. The molecule has 4 rings (SSSR count). The lowest BCUT2D eigenvalue weighted by molar-refractivity contribution is -0.384. The number of halogens is 1. The van der Waals surface area contributed by atoms with Gasteiger partial charge in [0.2, 0.25) is 17.8 Å². The Balaban J connectivity index is 1.58. The summed E-state index contributed by atoms with van der Waals surface area (Å²) >= 11 is 5.90. The second kappa shape index (κ2) is 9.98. The Morgan fingerprint density at radius 1 is 1.09 bits per heavy atom. The van der Waals surface area contributed by atoms with Crippen LogP contribution in [0.3, 0.4) is 0 Å². The van der Waals surface area contributed by atoms with Crippen LogP contribution in [-0.4, -0.2) is 52.4 Å². The number of aromatic nitrogens is 3. The molecule has 0 saturated carbocycles. The molecule has 1 aliphatic rings. The molecule has 1 saturated heterocycles. The summed E-state index contributed by atoms with van der Waals surface area (Å²) in [4.78, 5) is 25.8. The number of hydrazone groups is 1. The van der Waals surface area contributed by atoms with Crippen LogP contribution in [0.15, 0.2) is 53.6 Å². The average Bonchev–Trinajstić information content (AvgIpc) is 2.81. The van der Waals surface area contributed by atoms with Gasteiger partial charge in [0.05, 0.1) is 24.4 Å². The van der Waals surface area contributed by atoms with Crippen LogP contribution in [-0.2, 0) is 4.74 Å². The zero-order valence-electron chi connectivity index (χ0n) is 16.8. The van der Waals surface area contributed by atoms with E-state index >= 15 is 0 Å². The van der Waals surface area contributed by atoms with E-state index in [1.54, 1.807) is 30.5 Å². The Morgan fingerprint density at radius 3 is 2.59 bits per heavy atom. The molecule has 0 radical (unpaired) electrons. The van der Waals surface area contributed by atoms with Gasteiger partial charge in [-0.1, -0.05) is 29.8 Å². The van der Waals surface area contributed by atoms with Crippen molar-refractivity contribution in [3.8, 4) is 0 Å². The highest BCUT2D eigenvalue weighted by atomic mass is 35.5. The third-order valence-corrected chi connectivity index (χ3v) is 4.73. The van der Waals surface area contributed by atoms with E-state index in [1.807, 2.05) is 17.0 Å². The van der Waals surface area contributed by atoms with Crippen LogP contribution < -0.4 is 15.6 Å². The molecule has 2 N–H and O–H groups in total. The van der Waals surface area contributed by atoms with Gasteiger partial charge in [-0.3, -0.25) is 10.1 Å². The molecule has 0 unspecified atom stereocenters. The summed E-state index contributed by atoms with van der Waals surface area (Å²) < 4.78 is 5.39. The van der Waals surface area contributed by atoms with Gasteiger partial charge in [-0.15, -0.1) is 0 Å². The minimum atomic E-state index is -0.462. The first-order valence-corrected chi connectivity index (χ1v) is 10.1. The van der Waals surface area contributed by atoms with Gasteiger partial charge in [-0.2, -0.15) is 20.1 Å². The van der Waals surface area contributed by atoms with Gasteiger partial charge >= 0.3 is 0 Å². The number of morpholine rings is 1. The van der Waals surface area contributed by atoms with Gasteiger partial charge in [0.1, 0.15) is 0 Å². The van der Waals surface area contributed by atoms with Crippen LogP contribution >= 0.6 is 11.6 Å². The van der Waals surface area contributed by atoms with Crippen molar-refractivity contribution in [2.75, 3.05) is 41.9 Å². The first kappa shape index (κ1) is 21.4. The van der Waals surface area contributed by atoms with Gasteiger partial charge < -0.3 is 15.0 Å². The largest absolute Gasteiger partial charge is 0.378 e. The van der Waals surface area contributed by atoms with Crippen molar-refractivity contribution in [2.45, 2.75) is 0 Å². The van der Waals surface area contributed by atoms with Crippen LogP contribution in [0.1, 0.15) is 5.56 Å². The molecule has 2 heterocycles. The number of anilines is 4. The lowest BCUT2D eigenvalue weighted by Crippen LogP contribution is -2.37. The number of nitro groups is 1. The Kier molecular flexibility index (Phi) is 6.68. The van der Waals surface area contributed by atoms with Crippen LogP contribution in [0.25, 0.3) is 0 Å². The smallest absolute Gasteiger partial charge is 0.271 e. The summed E-state index contributed by atoms with van der Waals surface area (Å²) in [6.45, 7) is 2.40. The number of nitrogens with one attached hydrogen (secondary N) is 2. The topological polar surface area (TPSA) is 131 Å². The number of non-ortho nitro benzene ring substituents is 1. The number of nitrogens with zero attached hydrogens (tertiary/aromatic N) is 6. The second-order valence-corrected chi connectivity index (χ2v) is 7.17. The molecule has 12 heteroatoms. The van der Waals surface area contributed by atoms with Gasteiger partial charge in [0.15, 0.2) is 0 Å². The molecule has 3 aromatic rings. The molecule has 2 aromatic carbocycles. The van der Waals surface area contributed by atoms with E-state index < -0.39 is 4.92 Å². The van der Waals surface area contributed by atoms with Crippen LogP contribution in [0, 0.1) is 10.1 Å². The fourth-order valence-corrected chi connectivity index (χ4v) is 3.04. The fraction of sp³-hybridized carbons (Fsp3) is 0.200.